The zero-order valence-corrected chi connectivity index (χ0v) is 63.2. The second-order valence-corrected chi connectivity index (χ2v) is 31.3. The molecule has 6 aliphatic heterocycles. The number of hydrogen-bond donors (Lipinski definition) is 7. The standard InChI is InChI=1S/C38H54N6O8.C35H49N5O7.C3H6ClNO/c1-37(2,3)52-35(49)40-28-18-13-8-6-7-12-17-26-22-38(26,41-32(46)30-21-27(24-44(30)33(28)47)51-36(50)42(4)5)34(48)43-20-14-19-29(43)31(45)39-23-25-15-10-9-11-16-25;1-34(2,3)47-33(46)37-26-16-11-6-4-5-10-15-24-20-35(24,38-30(43)28-19-25(41)22-40(28)31(26)44)32(45)39-18-12-17-27(39)29(42)36-21-23-13-8-7-9-14-23;1-5(2)3(4)6/h9-12,15-17,26-30H,6-8,13-14,18-24H2,1-5H3,(H,39,45)(H,40,49)(H,41,46);7-10,13-15,24-28,41H,4-6,11-12,16-22H2,1-3H3,(H,36,42)(H,37,46)(H,38,43);1-2H3/b17-12-;15-10-;/t26-,27-,28+,29-,30+,38-;24-,25-,26+,27-,28+,35-;/m11./s1. The molecule has 0 unspecified atom stereocenters. The lowest BCUT2D eigenvalue weighted by atomic mass is 10.0. The molecular weight excluding hydrogens is 1370 g/mol. The Hall–Kier alpha value is -8.79. The van der Waals surface area contributed by atoms with Crippen molar-refractivity contribution in [3.63, 3.8) is 0 Å². The fourth-order valence-corrected chi connectivity index (χ4v) is 14.3. The van der Waals surface area contributed by atoms with Gasteiger partial charge in [-0.1, -0.05) is 111 Å². The van der Waals surface area contributed by atoms with Gasteiger partial charge < -0.3 is 80.6 Å². The summed E-state index contributed by atoms with van der Waals surface area (Å²) in [6.45, 7) is 11.7. The van der Waals surface area contributed by atoms with Gasteiger partial charge in [-0.15, -0.1) is 0 Å². The number of alkyl carbamates (subject to hydrolysis) is 2. The van der Waals surface area contributed by atoms with Gasteiger partial charge in [0.1, 0.15) is 64.6 Å². The van der Waals surface area contributed by atoms with Gasteiger partial charge in [0.05, 0.1) is 12.6 Å². The molecule has 105 heavy (non-hydrogen) atoms. The number of carbonyl (C=O) groups is 12. The van der Waals surface area contributed by atoms with Crippen molar-refractivity contribution >= 4 is 82.5 Å². The lowest BCUT2D eigenvalue weighted by molar-refractivity contribution is -0.145. The number of allylic oxidation sites excluding steroid dienone is 2. The third kappa shape index (κ3) is 22.6. The summed E-state index contributed by atoms with van der Waals surface area (Å²) in [4.78, 5) is 168. The van der Waals surface area contributed by atoms with Gasteiger partial charge in [-0.3, -0.25) is 43.2 Å². The molecule has 0 bridgehead atoms. The highest BCUT2D eigenvalue weighted by Gasteiger charge is 2.65. The van der Waals surface area contributed by atoms with Crippen LogP contribution in [0.2, 0.25) is 0 Å². The lowest BCUT2D eigenvalue weighted by Crippen LogP contribution is -2.59. The topological polar surface area (TPSA) is 344 Å². The number of rotatable bonds is 11. The number of amides is 12. The van der Waals surface area contributed by atoms with E-state index in [1.165, 1.54) is 19.6 Å². The van der Waals surface area contributed by atoms with Gasteiger partial charge >= 0.3 is 23.6 Å². The molecule has 576 valence electrons. The normalized spacial score (nSPS) is 28.3. The van der Waals surface area contributed by atoms with Gasteiger partial charge in [-0.25, -0.2) is 14.4 Å². The maximum absolute atomic E-state index is 14.5. The molecule has 6 heterocycles. The maximum Gasteiger partial charge on any atom is 0.409 e. The van der Waals surface area contributed by atoms with E-state index in [-0.39, 0.29) is 61.4 Å². The molecule has 6 fully saturated rings. The molecule has 8 aliphatic rings. The van der Waals surface area contributed by atoms with E-state index in [2.05, 4.69) is 31.9 Å². The van der Waals surface area contributed by atoms with Crippen molar-refractivity contribution in [3.8, 4) is 0 Å². The summed E-state index contributed by atoms with van der Waals surface area (Å²) in [5, 5.41) is 27.6. The predicted octanol–water partition coefficient (Wildman–Crippen LogP) is 6.70. The van der Waals surface area contributed by atoms with E-state index < -0.39 is 118 Å². The molecule has 0 spiro atoms. The minimum absolute atomic E-state index is 0.00924. The van der Waals surface area contributed by atoms with E-state index in [1.54, 1.807) is 79.5 Å². The average molecular weight is 1480 g/mol. The van der Waals surface area contributed by atoms with Crippen molar-refractivity contribution in [2.24, 2.45) is 11.8 Å². The molecule has 10 rings (SSSR count). The minimum atomic E-state index is -1.29. The van der Waals surface area contributed by atoms with Crippen LogP contribution in [0.4, 0.5) is 19.2 Å². The second kappa shape index (κ2) is 36.5. The van der Waals surface area contributed by atoms with Crippen molar-refractivity contribution in [3.05, 3.63) is 96.1 Å². The molecule has 7 N–H and O–H groups in total. The molecule has 2 aromatic rings. The molecule has 12 amide bonds. The zero-order chi connectivity index (χ0) is 76.6. The Morgan fingerprint density at radius 3 is 1.37 bits per heavy atom. The summed E-state index contributed by atoms with van der Waals surface area (Å²) in [6.07, 6.45) is 14.1. The first-order valence-electron chi connectivity index (χ1n) is 37.0. The fourth-order valence-electron chi connectivity index (χ4n) is 14.3. The van der Waals surface area contributed by atoms with Gasteiger partial charge in [0, 0.05) is 85.6 Å². The summed E-state index contributed by atoms with van der Waals surface area (Å²) >= 11 is 4.90. The van der Waals surface area contributed by atoms with Crippen LogP contribution < -0.4 is 31.9 Å². The lowest BCUT2D eigenvalue weighted by Gasteiger charge is -2.32. The maximum atomic E-state index is 14.5. The number of nitrogens with zero attached hydrogens (tertiary/aromatic N) is 6. The van der Waals surface area contributed by atoms with Gasteiger partial charge in [-0.05, 0) is 141 Å². The summed E-state index contributed by atoms with van der Waals surface area (Å²) in [5.41, 5.74) is -2.19. The highest BCUT2D eigenvalue weighted by atomic mass is 35.5. The molecule has 29 heteroatoms. The third-order valence-electron chi connectivity index (χ3n) is 19.9. The van der Waals surface area contributed by atoms with E-state index in [9.17, 15) is 62.6 Å². The first kappa shape index (κ1) is 81.9. The van der Waals surface area contributed by atoms with Crippen LogP contribution in [0.15, 0.2) is 85.0 Å². The molecule has 2 aliphatic carbocycles. The quantitative estimate of drug-likeness (QED) is 0.0532. The summed E-state index contributed by atoms with van der Waals surface area (Å²) < 4.78 is 16.5. The number of fused-ring (bicyclic) bond motifs is 4. The summed E-state index contributed by atoms with van der Waals surface area (Å²) in [7, 11) is 6.27. The predicted molar refractivity (Wildman–Crippen MR) is 390 cm³/mol. The summed E-state index contributed by atoms with van der Waals surface area (Å²) in [6, 6.07) is 13.7. The van der Waals surface area contributed by atoms with Gasteiger partial charge in [0.25, 0.3) is 0 Å². The number of nitrogens with one attached hydrogen (secondary N) is 6. The van der Waals surface area contributed by atoms with Crippen LogP contribution in [0.1, 0.15) is 168 Å². The Morgan fingerprint density at radius 2 is 0.971 bits per heavy atom. The first-order chi connectivity index (χ1) is 49.7. The second-order valence-electron chi connectivity index (χ2n) is 31.0. The van der Waals surface area contributed by atoms with Crippen LogP contribution >= 0.6 is 11.6 Å². The molecule has 4 saturated heterocycles. The van der Waals surface area contributed by atoms with Gasteiger partial charge in [0.15, 0.2) is 0 Å². The Morgan fingerprint density at radius 1 is 0.562 bits per heavy atom. The number of hydrogen-bond acceptors (Lipinski definition) is 16. The van der Waals surface area contributed by atoms with Crippen molar-refractivity contribution in [1.29, 1.82) is 0 Å². The zero-order valence-electron chi connectivity index (χ0n) is 62.5. The largest absolute Gasteiger partial charge is 0.444 e. The fraction of sp³-hybridized carbons (Fsp3) is 0.632. The van der Waals surface area contributed by atoms with Crippen molar-refractivity contribution in [2.45, 2.75) is 241 Å². The minimum Gasteiger partial charge on any atom is -0.444 e. The number of aliphatic hydroxyl groups is 1. The van der Waals surface area contributed by atoms with E-state index >= 15 is 0 Å². The monoisotopic (exact) mass is 1480 g/mol. The Kier molecular flexibility index (Phi) is 28.4. The number of carbonyl (C=O) groups excluding carboxylic acids is 12. The molecule has 2 aromatic carbocycles. The molecule has 2 saturated carbocycles. The average Bonchev–Trinajstić information content (AvgIpc) is 1.57. The Balaban J connectivity index is 0.000000247. The summed E-state index contributed by atoms with van der Waals surface area (Å²) in [5.74, 6) is -3.71. The Labute approximate surface area is 621 Å². The van der Waals surface area contributed by atoms with Crippen molar-refractivity contribution < 1.29 is 76.9 Å². The molecule has 12 atom stereocenters. The molecule has 28 nitrogen and oxygen atoms in total. The van der Waals surface area contributed by atoms with Crippen LogP contribution in [-0.2, 0) is 65.7 Å². The smallest absolute Gasteiger partial charge is 0.409 e. The molecule has 0 radical (unpaired) electrons. The van der Waals surface area contributed by atoms with Crippen molar-refractivity contribution in [2.75, 3.05) is 54.4 Å². The van der Waals surface area contributed by atoms with E-state index in [4.69, 9.17) is 25.8 Å². The van der Waals surface area contributed by atoms with Crippen LogP contribution in [0.25, 0.3) is 0 Å². The van der Waals surface area contributed by atoms with E-state index in [0.29, 0.717) is 90.4 Å². The Bertz CT molecular complexity index is 3490. The van der Waals surface area contributed by atoms with E-state index in [1.807, 2.05) is 85.0 Å². The number of likely N-dealkylation sites (tertiary alicyclic amines) is 2. The van der Waals surface area contributed by atoms with Gasteiger partial charge in [0.2, 0.25) is 47.3 Å². The van der Waals surface area contributed by atoms with Gasteiger partial charge in [-0.2, -0.15) is 0 Å². The highest BCUT2D eigenvalue weighted by Crippen LogP contribution is 2.49. The number of ether oxygens (including phenoxy) is 3. The number of halogens is 1. The van der Waals surface area contributed by atoms with Crippen LogP contribution in [-0.4, -0.2) is 231 Å². The number of aliphatic hydroxyl groups excluding tert-OH is 1. The molecular formula is C76H109ClN12O16. The SMILES string of the molecule is CC(C)(C)OC(=O)N[C@H]1CCCCC/C=C\[C@@H]2C[C@@]2(C(=O)N2CCC[C@@H]2C(=O)NCc2ccccc2)NC(=O)[C@@H]2C[C@@H](O)CN2C1=O.CN(C)C(=O)Cl.CN(C)C(=O)O[C@@H]1C[C@H]2C(=O)N[C@]3(C(=O)N4CCC[C@@H]4C(=O)NCc4ccccc4)C[C@H]3/C=C\CCCCC[C@H](NC(=O)OC(C)(C)C)C(=O)N2C1. The van der Waals surface area contributed by atoms with Crippen LogP contribution in [0, 0.1) is 11.8 Å². The third-order valence-corrected chi connectivity index (χ3v) is 20.2. The number of benzene rings is 2. The first-order valence-corrected chi connectivity index (χ1v) is 37.3. The highest BCUT2D eigenvalue weighted by molar-refractivity contribution is 6.62. The van der Waals surface area contributed by atoms with E-state index in [0.717, 1.165) is 49.7 Å². The van der Waals surface area contributed by atoms with Crippen LogP contribution in [0.3, 0.4) is 0 Å². The van der Waals surface area contributed by atoms with Crippen molar-refractivity contribution in [1.82, 2.24) is 61.3 Å². The van der Waals surface area contributed by atoms with Crippen LogP contribution in [0.5, 0.6) is 0 Å². The molecule has 0 aromatic heterocycles.